The van der Waals surface area contributed by atoms with Gasteiger partial charge in [-0.1, -0.05) is 67.6 Å². The van der Waals surface area contributed by atoms with Crippen LogP contribution in [0.5, 0.6) is 0 Å². The van der Waals surface area contributed by atoms with E-state index in [2.05, 4.69) is 41.6 Å². The molecule has 1 aromatic heterocycles. The Hall–Kier alpha value is -2.95. The summed E-state index contributed by atoms with van der Waals surface area (Å²) in [5, 5.41) is 11.0. The summed E-state index contributed by atoms with van der Waals surface area (Å²) >= 11 is 0. The second kappa shape index (κ2) is 7.75. The molecule has 0 bridgehead atoms. The summed E-state index contributed by atoms with van der Waals surface area (Å²) in [6, 6.07) is 19.9. The highest BCUT2D eigenvalue weighted by Gasteiger charge is 2.18. The third-order valence-corrected chi connectivity index (χ3v) is 4.26. The van der Waals surface area contributed by atoms with Gasteiger partial charge in [-0.2, -0.15) is 0 Å². The highest BCUT2D eigenvalue weighted by molar-refractivity contribution is 5.91. The lowest BCUT2D eigenvalue weighted by Gasteiger charge is -2.21. The Labute approximate surface area is 147 Å². The molecule has 0 aliphatic heterocycles. The fraction of sp³-hybridized carbons (Fsp3) is 0.250. The molecule has 5 heteroatoms. The van der Waals surface area contributed by atoms with Crippen molar-refractivity contribution in [3.63, 3.8) is 0 Å². The first-order chi connectivity index (χ1) is 12.1. The summed E-state index contributed by atoms with van der Waals surface area (Å²) in [4.78, 5) is 12.4. The van der Waals surface area contributed by atoms with Crippen LogP contribution in [0.15, 0.2) is 66.9 Å². The molecule has 1 N–H and O–H groups in total. The van der Waals surface area contributed by atoms with Gasteiger partial charge < -0.3 is 5.32 Å². The van der Waals surface area contributed by atoms with Gasteiger partial charge in [0, 0.05) is 12.5 Å². The number of carbonyl (C=O) groups is 1. The number of aromatic nitrogens is 3. The van der Waals surface area contributed by atoms with Gasteiger partial charge in [0.2, 0.25) is 0 Å². The molecule has 0 fully saturated rings. The average Bonchev–Trinajstić information content (AvgIpc) is 3.13. The third kappa shape index (κ3) is 4.12. The van der Waals surface area contributed by atoms with Crippen LogP contribution in [0, 0.1) is 5.92 Å². The van der Waals surface area contributed by atoms with Crippen LogP contribution in [0.3, 0.4) is 0 Å². The predicted octanol–water partition coefficient (Wildman–Crippen LogP) is 3.44. The zero-order valence-electron chi connectivity index (χ0n) is 14.5. The normalized spacial score (nSPS) is 12.1. The van der Waals surface area contributed by atoms with E-state index < -0.39 is 0 Å². The molecular formula is C20H22N4O. The van der Waals surface area contributed by atoms with Crippen molar-refractivity contribution in [2.24, 2.45) is 5.92 Å². The Balaban J connectivity index is 1.67. The smallest absolute Gasteiger partial charge is 0.273 e. The molecule has 1 unspecified atom stereocenters. The van der Waals surface area contributed by atoms with Crippen molar-refractivity contribution in [1.29, 1.82) is 0 Å². The number of para-hydroxylation sites is 1. The molecule has 1 heterocycles. The standard InChI is InChI=1S/C20H22N4O/c1-15(2)18(16-9-5-3-6-10-16)13-21-20(25)19-14-24(23-22-19)17-11-7-4-8-12-17/h3-12,14-15,18H,13H2,1-2H3,(H,21,25). The monoisotopic (exact) mass is 334 g/mol. The molecule has 1 amide bonds. The quantitative estimate of drug-likeness (QED) is 0.751. The zero-order valence-corrected chi connectivity index (χ0v) is 14.5. The van der Waals surface area contributed by atoms with Gasteiger partial charge in [-0.05, 0) is 23.6 Å². The van der Waals surface area contributed by atoms with Gasteiger partial charge in [-0.3, -0.25) is 4.79 Å². The molecule has 5 nitrogen and oxygen atoms in total. The molecule has 0 aliphatic rings. The second-order valence-electron chi connectivity index (χ2n) is 6.36. The van der Waals surface area contributed by atoms with E-state index in [0.29, 0.717) is 18.2 Å². The minimum atomic E-state index is -0.205. The number of nitrogens with zero attached hydrogens (tertiary/aromatic N) is 3. The number of carbonyl (C=O) groups excluding carboxylic acids is 1. The van der Waals surface area contributed by atoms with Gasteiger partial charge in [0.25, 0.3) is 5.91 Å². The van der Waals surface area contributed by atoms with E-state index in [-0.39, 0.29) is 11.8 Å². The van der Waals surface area contributed by atoms with Crippen LogP contribution in [0.2, 0.25) is 0 Å². The lowest BCUT2D eigenvalue weighted by atomic mass is 9.88. The van der Waals surface area contributed by atoms with E-state index in [9.17, 15) is 4.79 Å². The van der Waals surface area contributed by atoms with Crippen molar-refractivity contribution < 1.29 is 4.79 Å². The molecule has 0 saturated heterocycles. The maximum atomic E-state index is 12.4. The summed E-state index contributed by atoms with van der Waals surface area (Å²) in [5.41, 5.74) is 2.42. The third-order valence-electron chi connectivity index (χ3n) is 4.26. The first-order valence-corrected chi connectivity index (χ1v) is 8.46. The Morgan fingerprint density at radius 2 is 1.68 bits per heavy atom. The van der Waals surface area contributed by atoms with Crippen molar-refractivity contribution in [2.75, 3.05) is 6.54 Å². The number of benzene rings is 2. The zero-order chi connectivity index (χ0) is 17.6. The summed E-state index contributed by atoms with van der Waals surface area (Å²) < 4.78 is 1.60. The van der Waals surface area contributed by atoms with E-state index in [0.717, 1.165) is 5.69 Å². The van der Waals surface area contributed by atoms with Crippen LogP contribution < -0.4 is 5.32 Å². The van der Waals surface area contributed by atoms with Crippen LogP contribution in [0.25, 0.3) is 5.69 Å². The average molecular weight is 334 g/mol. The van der Waals surface area contributed by atoms with Crippen LogP contribution >= 0.6 is 0 Å². The molecule has 2 aromatic carbocycles. The molecule has 25 heavy (non-hydrogen) atoms. The maximum Gasteiger partial charge on any atom is 0.273 e. The van der Waals surface area contributed by atoms with E-state index in [1.807, 2.05) is 48.5 Å². The van der Waals surface area contributed by atoms with Gasteiger partial charge in [-0.15, -0.1) is 5.10 Å². The fourth-order valence-corrected chi connectivity index (χ4v) is 2.81. The molecule has 3 rings (SSSR count). The summed E-state index contributed by atoms with van der Waals surface area (Å²) in [7, 11) is 0. The summed E-state index contributed by atoms with van der Waals surface area (Å²) in [6.07, 6.45) is 1.65. The van der Waals surface area contributed by atoms with Crippen molar-refractivity contribution in [1.82, 2.24) is 20.3 Å². The lowest BCUT2D eigenvalue weighted by Crippen LogP contribution is -2.30. The van der Waals surface area contributed by atoms with Crippen molar-refractivity contribution >= 4 is 5.91 Å². The maximum absolute atomic E-state index is 12.4. The van der Waals surface area contributed by atoms with Crippen LogP contribution in [0.4, 0.5) is 0 Å². The molecule has 1 atom stereocenters. The van der Waals surface area contributed by atoms with Crippen molar-refractivity contribution in [3.05, 3.63) is 78.1 Å². The number of rotatable bonds is 6. The number of hydrogen-bond donors (Lipinski definition) is 1. The second-order valence-corrected chi connectivity index (χ2v) is 6.36. The molecular weight excluding hydrogens is 312 g/mol. The van der Waals surface area contributed by atoms with Gasteiger partial charge in [0.1, 0.15) is 0 Å². The Bertz CT molecular complexity index is 812. The molecule has 0 radical (unpaired) electrons. The Kier molecular flexibility index (Phi) is 5.23. The largest absolute Gasteiger partial charge is 0.350 e. The first kappa shape index (κ1) is 16.9. The van der Waals surface area contributed by atoms with Gasteiger partial charge >= 0.3 is 0 Å². The Morgan fingerprint density at radius 3 is 2.32 bits per heavy atom. The van der Waals surface area contributed by atoms with Gasteiger partial charge in [0.05, 0.1) is 11.9 Å². The number of hydrogen-bond acceptors (Lipinski definition) is 3. The van der Waals surface area contributed by atoms with E-state index in [4.69, 9.17) is 0 Å². The molecule has 128 valence electrons. The number of nitrogens with one attached hydrogen (secondary N) is 1. The van der Waals surface area contributed by atoms with Crippen LogP contribution in [0.1, 0.15) is 35.8 Å². The number of amides is 1. The van der Waals surface area contributed by atoms with E-state index in [1.54, 1.807) is 10.9 Å². The minimum Gasteiger partial charge on any atom is -0.350 e. The van der Waals surface area contributed by atoms with Gasteiger partial charge in [0.15, 0.2) is 5.69 Å². The molecule has 0 aliphatic carbocycles. The van der Waals surface area contributed by atoms with Crippen LogP contribution in [-0.2, 0) is 0 Å². The SMILES string of the molecule is CC(C)C(CNC(=O)c1cn(-c2ccccc2)nn1)c1ccccc1. The first-order valence-electron chi connectivity index (χ1n) is 8.46. The predicted molar refractivity (Wildman–Crippen MR) is 97.7 cm³/mol. The van der Waals surface area contributed by atoms with E-state index in [1.165, 1.54) is 5.56 Å². The highest BCUT2D eigenvalue weighted by Crippen LogP contribution is 2.23. The fourth-order valence-electron chi connectivity index (χ4n) is 2.81. The molecule has 0 spiro atoms. The van der Waals surface area contributed by atoms with Crippen molar-refractivity contribution in [3.8, 4) is 5.69 Å². The lowest BCUT2D eigenvalue weighted by molar-refractivity contribution is 0.0944. The molecule has 0 saturated carbocycles. The minimum absolute atomic E-state index is 0.205. The van der Waals surface area contributed by atoms with E-state index >= 15 is 0 Å². The van der Waals surface area contributed by atoms with Crippen LogP contribution in [-0.4, -0.2) is 27.4 Å². The molecule has 3 aromatic rings. The summed E-state index contributed by atoms with van der Waals surface area (Å²) in [6.45, 7) is 4.89. The van der Waals surface area contributed by atoms with Crippen molar-refractivity contribution in [2.45, 2.75) is 19.8 Å². The highest BCUT2D eigenvalue weighted by atomic mass is 16.2. The summed E-state index contributed by atoms with van der Waals surface area (Å²) in [5.74, 6) is 0.473. The Morgan fingerprint density at radius 1 is 1.04 bits per heavy atom. The van der Waals surface area contributed by atoms with Gasteiger partial charge in [-0.25, -0.2) is 4.68 Å². The topological polar surface area (TPSA) is 59.8 Å².